The monoisotopic (exact) mass is 902 g/mol. The lowest BCUT2D eigenvalue weighted by molar-refractivity contribution is -0.216. The van der Waals surface area contributed by atoms with E-state index in [0.717, 1.165) is 5.56 Å². The van der Waals surface area contributed by atoms with Crippen LogP contribution in [0.1, 0.15) is 79.4 Å². The topological polar surface area (TPSA) is 159 Å². The van der Waals surface area contributed by atoms with Gasteiger partial charge in [0.2, 0.25) is 9.70 Å². The second-order valence-corrected chi connectivity index (χ2v) is 19.0. The van der Waals surface area contributed by atoms with Crippen LogP contribution in [0.3, 0.4) is 0 Å². The number of amides is 2. The summed E-state index contributed by atoms with van der Waals surface area (Å²) >= 11 is 23.7. The Balaban J connectivity index is 2.31. The molecule has 5 atom stereocenters. The van der Waals surface area contributed by atoms with Crippen molar-refractivity contribution in [1.29, 1.82) is 0 Å². The number of carbonyl (C=O) groups excluding carboxylic acids is 4. The predicted octanol–water partition coefficient (Wildman–Crippen LogP) is 8.80. The summed E-state index contributed by atoms with van der Waals surface area (Å²) in [7, 11) is 1.47. The predicted molar refractivity (Wildman–Crippen MR) is 232 cm³/mol. The number of alkyl halides is 3. The fraction of sp³-hybridized carbons (Fsp3) is 0.535. The highest BCUT2D eigenvalue weighted by molar-refractivity contribution is 6.67. The average molecular weight is 905 g/mol. The van der Waals surface area contributed by atoms with Crippen molar-refractivity contribution in [3.8, 4) is 5.75 Å². The summed E-state index contributed by atoms with van der Waals surface area (Å²) < 4.78 is 25.9. The molecule has 0 saturated carbocycles. The van der Waals surface area contributed by atoms with Gasteiger partial charge in [0.1, 0.15) is 24.0 Å². The fourth-order valence-corrected chi connectivity index (χ4v) is 5.77. The van der Waals surface area contributed by atoms with Crippen LogP contribution in [0, 0.1) is 17.3 Å². The Morgan fingerprint density at radius 3 is 2.17 bits per heavy atom. The first-order valence-electron chi connectivity index (χ1n) is 19.2. The van der Waals surface area contributed by atoms with Crippen LogP contribution in [0.5, 0.6) is 5.75 Å². The van der Waals surface area contributed by atoms with Gasteiger partial charge in [0.25, 0.3) is 0 Å². The van der Waals surface area contributed by atoms with Gasteiger partial charge in [-0.3, -0.25) is 9.59 Å². The molecular weight excluding hydrogens is 846 g/mol. The zero-order valence-corrected chi connectivity index (χ0v) is 38.1. The first kappa shape index (κ1) is 51.6. The van der Waals surface area contributed by atoms with Crippen molar-refractivity contribution in [2.24, 2.45) is 17.3 Å². The molecule has 2 amide bonds. The Morgan fingerprint density at radius 1 is 0.932 bits per heavy atom. The van der Waals surface area contributed by atoms with Crippen molar-refractivity contribution in [3.05, 3.63) is 82.9 Å². The van der Waals surface area contributed by atoms with Crippen molar-refractivity contribution in [2.75, 3.05) is 20.3 Å². The summed E-state index contributed by atoms with van der Waals surface area (Å²) in [5, 5.41) is 17.0. The van der Waals surface area contributed by atoms with Gasteiger partial charge in [-0.25, -0.2) is 9.59 Å². The molecule has 16 heteroatoms. The Hall–Kier alpha value is -3.52. The van der Waals surface area contributed by atoms with Gasteiger partial charge >= 0.3 is 18.0 Å². The molecule has 0 radical (unpaired) electrons. The molecule has 0 aliphatic heterocycles. The Bertz CT molecular complexity index is 1720. The molecule has 0 aromatic heterocycles. The van der Waals surface area contributed by atoms with E-state index in [1.54, 1.807) is 58.9 Å². The highest BCUT2D eigenvalue weighted by Crippen LogP contribution is 2.28. The van der Waals surface area contributed by atoms with Crippen LogP contribution in [0.25, 0.3) is 6.08 Å². The number of hydrogen-bond donors (Lipinski definition) is 3. The quantitative estimate of drug-likeness (QED) is 0.0364. The minimum atomic E-state index is -1.87. The molecule has 0 aliphatic carbocycles. The van der Waals surface area contributed by atoms with E-state index in [9.17, 15) is 24.3 Å². The second-order valence-electron chi connectivity index (χ2n) is 16.1. The lowest BCUT2D eigenvalue weighted by atomic mass is 9.93. The molecule has 12 nitrogen and oxygen atoms in total. The first-order chi connectivity index (χ1) is 27.4. The highest BCUT2D eigenvalue weighted by atomic mass is 35.6. The summed E-state index contributed by atoms with van der Waals surface area (Å²) in [5.74, 6) is -2.05. The Labute approximate surface area is 368 Å². The van der Waals surface area contributed by atoms with Crippen LogP contribution < -0.4 is 15.4 Å². The maximum Gasteiger partial charge on any atom is 0.407 e. The molecular formula is C43H58Cl4N2O10. The molecule has 0 bridgehead atoms. The third kappa shape index (κ3) is 20.5. The minimum absolute atomic E-state index is 0.00482. The van der Waals surface area contributed by atoms with Gasteiger partial charge in [0.15, 0.2) is 12.4 Å². The van der Waals surface area contributed by atoms with E-state index in [2.05, 4.69) is 10.6 Å². The van der Waals surface area contributed by atoms with Crippen LogP contribution in [0.15, 0.2) is 66.8 Å². The highest BCUT2D eigenvalue weighted by Gasteiger charge is 2.36. The van der Waals surface area contributed by atoms with E-state index in [0.29, 0.717) is 16.3 Å². The van der Waals surface area contributed by atoms with Crippen molar-refractivity contribution < 1.29 is 48.0 Å². The SMILES string of the molecule is COc1ccc(C[C@@H](NC(=O)/C=C/C[C@H](OC(O)[C@H](CC(C)C)OC(=O)C(C)(C)CNC(=O)OC(C)(C)C)[C@H](C)/C=C/c2ccccc2)C(=O)OCC(Cl)(Cl)Cl)cc1Cl. The van der Waals surface area contributed by atoms with Crippen molar-refractivity contribution in [1.82, 2.24) is 10.6 Å². The van der Waals surface area contributed by atoms with E-state index in [4.69, 9.17) is 70.1 Å². The van der Waals surface area contributed by atoms with Gasteiger partial charge in [-0.1, -0.05) is 122 Å². The number of ether oxygens (including phenoxy) is 5. The molecule has 2 rings (SSSR count). The lowest BCUT2D eigenvalue weighted by Gasteiger charge is -2.32. The molecule has 0 heterocycles. The first-order valence-corrected chi connectivity index (χ1v) is 20.7. The van der Waals surface area contributed by atoms with E-state index < -0.39 is 69.9 Å². The maximum absolute atomic E-state index is 13.5. The van der Waals surface area contributed by atoms with E-state index in [-0.39, 0.29) is 37.6 Å². The number of aliphatic hydroxyl groups is 1. The van der Waals surface area contributed by atoms with Gasteiger partial charge in [-0.15, -0.1) is 0 Å². The smallest absolute Gasteiger partial charge is 0.407 e. The molecule has 2 aromatic rings. The molecule has 0 spiro atoms. The van der Waals surface area contributed by atoms with Gasteiger partial charge in [-0.2, -0.15) is 0 Å². The number of alkyl carbamates (subject to hydrolysis) is 1. The van der Waals surface area contributed by atoms with E-state index in [1.165, 1.54) is 13.2 Å². The number of halogens is 4. The lowest BCUT2D eigenvalue weighted by Crippen LogP contribution is -2.45. The van der Waals surface area contributed by atoms with E-state index >= 15 is 0 Å². The van der Waals surface area contributed by atoms with Gasteiger partial charge in [0.05, 0.1) is 23.7 Å². The van der Waals surface area contributed by atoms with Gasteiger partial charge < -0.3 is 39.4 Å². The van der Waals surface area contributed by atoms with Crippen LogP contribution in [0.2, 0.25) is 5.02 Å². The number of carbonyl (C=O) groups is 4. The van der Waals surface area contributed by atoms with Crippen molar-refractivity contribution >= 4 is 76.4 Å². The zero-order valence-electron chi connectivity index (χ0n) is 35.1. The summed E-state index contributed by atoms with van der Waals surface area (Å²) in [6, 6.07) is 13.3. The Morgan fingerprint density at radius 2 is 1.59 bits per heavy atom. The maximum atomic E-state index is 13.5. The van der Waals surface area contributed by atoms with Gasteiger partial charge in [0, 0.05) is 18.9 Å². The molecule has 1 unspecified atom stereocenters. The summed E-state index contributed by atoms with van der Waals surface area (Å²) in [5.41, 5.74) is -0.373. The third-order valence-corrected chi connectivity index (χ3v) is 9.09. The Kier molecular flexibility index (Phi) is 21.0. The largest absolute Gasteiger partial charge is 0.495 e. The van der Waals surface area contributed by atoms with Crippen LogP contribution in [-0.4, -0.2) is 83.2 Å². The standard InChI is InChI=1S/C43H58Cl4N2O10/c1-27(2)22-35(58-39(53)42(7,8)25-48-40(54)59-41(4,5)6)38(52)57-33(28(3)18-19-29-14-11-10-12-15-29)16-13-17-36(50)49-32(37(51)56-26-43(45,46)47)24-30-20-21-34(55-9)31(44)23-30/h10-15,17-21,23,27-28,32-33,35,38,52H,16,22,24-26H2,1-9H3,(H,48,54)(H,49,50)/b17-13+,19-18+/t28-,32-,33+,35+,38?/m1/s1. The molecule has 328 valence electrons. The fourth-order valence-electron chi connectivity index (χ4n) is 5.32. The van der Waals surface area contributed by atoms with E-state index in [1.807, 2.05) is 63.3 Å². The van der Waals surface area contributed by atoms with Crippen molar-refractivity contribution in [3.63, 3.8) is 0 Å². The third-order valence-electron chi connectivity index (χ3n) is 8.47. The number of hydrogen-bond acceptors (Lipinski definition) is 10. The number of aliphatic hydroxyl groups excluding tert-OH is 1. The molecule has 2 aromatic carbocycles. The average Bonchev–Trinajstić information content (AvgIpc) is 3.13. The normalized spacial score (nSPS) is 15.0. The summed E-state index contributed by atoms with van der Waals surface area (Å²) in [6.45, 7) is 13.5. The van der Waals surface area contributed by atoms with Crippen molar-refractivity contribution in [2.45, 2.75) is 109 Å². The number of methoxy groups -OCH3 is 1. The van der Waals surface area contributed by atoms with Gasteiger partial charge in [-0.05, 0) is 82.7 Å². The minimum Gasteiger partial charge on any atom is -0.495 e. The molecule has 59 heavy (non-hydrogen) atoms. The molecule has 0 fully saturated rings. The number of esters is 2. The number of nitrogens with one attached hydrogen (secondary N) is 2. The zero-order chi connectivity index (χ0) is 44.6. The summed E-state index contributed by atoms with van der Waals surface area (Å²) in [6.07, 6.45) is 2.92. The second kappa shape index (κ2) is 24.1. The number of benzene rings is 2. The number of rotatable bonds is 21. The summed E-state index contributed by atoms with van der Waals surface area (Å²) in [4.78, 5) is 52.1. The molecule has 0 saturated heterocycles. The van der Waals surface area contributed by atoms with Crippen LogP contribution >= 0.6 is 46.4 Å². The van der Waals surface area contributed by atoms with Crippen LogP contribution in [-0.2, 0) is 39.8 Å². The van der Waals surface area contributed by atoms with Crippen LogP contribution in [0.4, 0.5) is 4.79 Å². The molecule has 0 aliphatic rings. The molecule has 3 N–H and O–H groups in total.